The summed E-state index contributed by atoms with van der Waals surface area (Å²) >= 11 is 0. The van der Waals surface area contributed by atoms with E-state index in [-0.39, 0.29) is 12.5 Å². The lowest BCUT2D eigenvalue weighted by Gasteiger charge is -2.43. The van der Waals surface area contributed by atoms with E-state index in [2.05, 4.69) is 16.0 Å². The molecule has 0 saturated carbocycles. The van der Waals surface area contributed by atoms with Crippen molar-refractivity contribution in [3.05, 3.63) is 59.7 Å². The lowest BCUT2D eigenvalue weighted by Crippen LogP contribution is -2.66. The van der Waals surface area contributed by atoms with Crippen molar-refractivity contribution in [3.8, 4) is 11.1 Å². The molecule has 7 N–H and O–H groups in total. The van der Waals surface area contributed by atoms with Crippen molar-refractivity contribution in [3.63, 3.8) is 0 Å². The summed E-state index contributed by atoms with van der Waals surface area (Å²) in [4.78, 5) is 60.5. The van der Waals surface area contributed by atoms with Crippen LogP contribution in [0.25, 0.3) is 11.1 Å². The molecule has 15 nitrogen and oxygen atoms in total. The molecule has 0 unspecified atom stereocenters. The third-order valence-electron chi connectivity index (χ3n) is 7.63. The van der Waals surface area contributed by atoms with E-state index < -0.39 is 85.6 Å². The number of aliphatic hydroxyl groups excluding tert-OH is 3. The lowest BCUT2D eigenvalue weighted by molar-refractivity contribution is -0.281. The fourth-order valence-corrected chi connectivity index (χ4v) is 5.39. The summed E-state index contributed by atoms with van der Waals surface area (Å²) in [5.74, 6) is -5.03. The Morgan fingerprint density at radius 3 is 2.11 bits per heavy atom. The van der Waals surface area contributed by atoms with Gasteiger partial charge in [0.25, 0.3) is 5.78 Å². The fourth-order valence-electron chi connectivity index (χ4n) is 5.39. The Labute approximate surface area is 257 Å². The molecule has 2 aromatic carbocycles. The summed E-state index contributed by atoms with van der Waals surface area (Å²) in [5.41, 5.74) is 3.89. The largest absolute Gasteiger partial charge is 0.475 e. The Kier molecular flexibility index (Phi) is 10.8. The molecule has 2 aliphatic rings. The third kappa shape index (κ3) is 7.64. The lowest BCUT2D eigenvalue weighted by atomic mass is 9.96. The number of ketones is 1. The van der Waals surface area contributed by atoms with Crippen LogP contribution in [-0.4, -0.2) is 113 Å². The van der Waals surface area contributed by atoms with Crippen LogP contribution < -0.4 is 16.0 Å². The van der Waals surface area contributed by atoms with E-state index in [1.54, 1.807) is 0 Å². The van der Waals surface area contributed by atoms with Crippen LogP contribution in [-0.2, 0) is 33.4 Å². The molecule has 1 aliphatic heterocycles. The van der Waals surface area contributed by atoms with Gasteiger partial charge in [-0.15, -0.1) is 0 Å². The molecule has 45 heavy (non-hydrogen) atoms. The number of nitrogens with one attached hydrogen (secondary N) is 3. The quantitative estimate of drug-likeness (QED) is 0.140. The number of carbonyl (C=O) groups excluding carboxylic acids is 4. The molecule has 7 atom stereocenters. The zero-order valence-electron chi connectivity index (χ0n) is 24.4. The molecule has 1 heterocycles. The van der Waals surface area contributed by atoms with Gasteiger partial charge < -0.3 is 50.6 Å². The second-order valence-corrected chi connectivity index (χ2v) is 10.7. The standard InChI is InChI=1S/C30H35N3O12/c1-14(44-29-24(32-15(2)35)26(38)25(37)22(12-34)45-29)23(27(39)31-11-21(36)28(40)41)33-30(42)43-13-20-18-9-5-3-7-16(18)17-8-4-6-10-19(17)20/h3-10,14,20,22-26,29,34,37-38H,11-13H2,1-2H3,(H,31,39)(H,32,35)(H,33,42)(H,40,41)/t14-,22+,23-,24+,25-,26+,29-/m0/s1. The van der Waals surface area contributed by atoms with Crippen LogP contribution in [0, 0.1) is 0 Å². The predicted octanol–water partition coefficient (Wildman–Crippen LogP) is -0.988. The van der Waals surface area contributed by atoms with E-state index in [9.17, 15) is 39.3 Å². The van der Waals surface area contributed by atoms with E-state index in [4.69, 9.17) is 19.3 Å². The van der Waals surface area contributed by atoms with Crippen LogP contribution in [0.2, 0.25) is 0 Å². The Morgan fingerprint density at radius 2 is 1.56 bits per heavy atom. The van der Waals surface area contributed by atoms with Gasteiger partial charge in [0.2, 0.25) is 11.8 Å². The van der Waals surface area contributed by atoms with Gasteiger partial charge in [-0.1, -0.05) is 48.5 Å². The summed E-state index contributed by atoms with van der Waals surface area (Å²) in [6, 6.07) is 12.4. The van der Waals surface area contributed by atoms with Gasteiger partial charge in [-0.3, -0.25) is 14.4 Å². The van der Waals surface area contributed by atoms with Crippen LogP contribution in [0.1, 0.15) is 30.9 Å². The number of rotatable bonds is 12. The van der Waals surface area contributed by atoms with Gasteiger partial charge in [-0.05, 0) is 29.2 Å². The number of carboxylic acid groups (broad SMARTS) is 1. The normalized spacial score (nSPS) is 23.5. The van der Waals surface area contributed by atoms with E-state index >= 15 is 0 Å². The van der Waals surface area contributed by atoms with Gasteiger partial charge in [0.15, 0.2) is 6.29 Å². The van der Waals surface area contributed by atoms with Crippen molar-refractivity contribution in [2.45, 2.75) is 62.6 Å². The maximum Gasteiger partial charge on any atom is 0.407 e. The zero-order valence-corrected chi connectivity index (χ0v) is 24.4. The van der Waals surface area contributed by atoms with Crippen molar-refractivity contribution >= 4 is 29.7 Å². The van der Waals surface area contributed by atoms with Crippen molar-refractivity contribution < 1.29 is 58.6 Å². The molecule has 0 bridgehead atoms. The first-order chi connectivity index (χ1) is 21.4. The SMILES string of the molecule is CC(=O)N[C@H]1[C@@H](O[C@@H](C)[C@H](NC(=O)OCC2c3ccccc3-c3ccccc32)C(=O)NCC(=O)C(=O)O)O[C@H](CO)[C@H](O)[C@@H]1O. The van der Waals surface area contributed by atoms with Crippen LogP contribution in [0.15, 0.2) is 48.5 Å². The molecule has 1 saturated heterocycles. The molecule has 1 aliphatic carbocycles. The van der Waals surface area contributed by atoms with Gasteiger partial charge in [-0.2, -0.15) is 0 Å². The molecule has 4 rings (SSSR count). The molecule has 0 radical (unpaired) electrons. The van der Waals surface area contributed by atoms with Gasteiger partial charge >= 0.3 is 12.1 Å². The Bertz CT molecular complexity index is 1390. The monoisotopic (exact) mass is 629 g/mol. The van der Waals surface area contributed by atoms with Crippen LogP contribution in [0.3, 0.4) is 0 Å². The first-order valence-electron chi connectivity index (χ1n) is 14.1. The Hall–Kier alpha value is -4.41. The number of ether oxygens (including phenoxy) is 3. The number of hydrogen-bond acceptors (Lipinski definition) is 11. The minimum Gasteiger partial charge on any atom is -0.475 e. The van der Waals surface area contributed by atoms with Gasteiger partial charge in [0.1, 0.15) is 37.0 Å². The molecular formula is C30H35N3O12. The minimum absolute atomic E-state index is 0.0977. The van der Waals surface area contributed by atoms with Gasteiger partial charge in [0, 0.05) is 12.8 Å². The van der Waals surface area contributed by atoms with Crippen molar-refractivity contribution in [2.75, 3.05) is 19.8 Å². The number of carbonyl (C=O) groups is 5. The fraction of sp³-hybridized carbons (Fsp3) is 0.433. The zero-order chi connectivity index (χ0) is 32.8. The number of carboxylic acids is 1. The third-order valence-corrected chi connectivity index (χ3v) is 7.63. The number of alkyl carbamates (subject to hydrolysis) is 1. The van der Waals surface area contributed by atoms with E-state index in [0.29, 0.717) is 0 Å². The van der Waals surface area contributed by atoms with E-state index in [1.807, 2.05) is 48.5 Å². The maximum absolute atomic E-state index is 13.1. The van der Waals surface area contributed by atoms with E-state index in [1.165, 1.54) is 6.92 Å². The first-order valence-corrected chi connectivity index (χ1v) is 14.1. The number of Topliss-reactive ketones (excluding diaryl/α,β-unsaturated/α-hetero) is 1. The Morgan fingerprint density at radius 1 is 0.956 bits per heavy atom. The maximum atomic E-state index is 13.1. The summed E-state index contributed by atoms with van der Waals surface area (Å²) < 4.78 is 16.9. The summed E-state index contributed by atoms with van der Waals surface area (Å²) in [5, 5.41) is 46.2. The molecule has 0 spiro atoms. The topological polar surface area (TPSA) is 230 Å². The van der Waals surface area contributed by atoms with Crippen LogP contribution >= 0.6 is 0 Å². The van der Waals surface area contributed by atoms with Crippen LogP contribution in [0.5, 0.6) is 0 Å². The second-order valence-electron chi connectivity index (χ2n) is 10.7. The highest BCUT2D eigenvalue weighted by molar-refractivity contribution is 6.33. The average molecular weight is 630 g/mol. The molecule has 242 valence electrons. The van der Waals surface area contributed by atoms with E-state index in [0.717, 1.165) is 29.2 Å². The highest BCUT2D eigenvalue weighted by atomic mass is 16.7. The van der Waals surface area contributed by atoms with Crippen molar-refractivity contribution in [1.82, 2.24) is 16.0 Å². The first kappa shape index (κ1) is 33.5. The number of benzene rings is 2. The number of hydrogen-bond donors (Lipinski definition) is 7. The summed E-state index contributed by atoms with van der Waals surface area (Å²) in [7, 11) is 0. The number of fused-ring (bicyclic) bond motifs is 3. The molecule has 3 amide bonds. The Balaban J connectivity index is 1.50. The molecule has 15 heteroatoms. The van der Waals surface area contributed by atoms with Crippen molar-refractivity contribution in [1.29, 1.82) is 0 Å². The smallest absolute Gasteiger partial charge is 0.407 e. The number of aliphatic hydroxyl groups is 3. The van der Waals surface area contributed by atoms with Gasteiger partial charge in [-0.25, -0.2) is 9.59 Å². The average Bonchev–Trinajstić information content (AvgIpc) is 3.34. The molecule has 2 aromatic rings. The van der Waals surface area contributed by atoms with Crippen LogP contribution in [0.4, 0.5) is 4.79 Å². The highest BCUT2D eigenvalue weighted by Crippen LogP contribution is 2.44. The molecule has 1 fully saturated rings. The second kappa shape index (κ2) is 14.6. The highest BCUT2D eigenvalue weighted by Gasteiger charge is 2.47. The predicted molar refractivity (Wildman–Crippen MR) is 154 cm³/mol. The molecule has 0 aromatic heterocycles. The molecular weight excluding hydrogens is 594 g/mol. The van der Waals surface area contributed by atoms with Gasteiger partial charge in [0.05, 0.1) is 19.3 Å². The summed E-state index contributed by atoms with van der Waals surface area (Å²) in [6.07, 6.45) is -8.45. The minimum atomic E-state index is -1.78. The summed E-state index contributed by atoms with van der Waals surface area (Å²) in [6.45, 7) is 0.756. The number of aliphatic carboxylic acids is 1. The number of amides is 3. The van der Waals surface area contributed by atoms with Crippen molar-refractivity contribution in [2.24, 2.45) is 0 Å².